The van der Waals surface area contributed by atoms with E-state index in [1.165, 1.54) is 4.68 Å². The Morgan fingerprint density at radius 1 is 0.967 bits per heavy atom. The molecule has 0 saturated carbocycles. The fourth-order valence-electron chi connectivity index (χ4n) is 3.48. The minimum atomic E-state index is -0.909. The average Bonchev–Trinajstić information content (AvgIpc) is 2.78. The van der Waals surface area contributed by atoms with Crippen LogP contribution in [0.1, 0.15) is 22.8 Å². The molecule has 30 heavy (non-hydrogen) atoms. The van der Waals surface area contributed by atoms with Crippen LogP contribution in [0, 0.1) is 6.92 Å². The van der Waals surface area contributed by atoms with Crippen LogP contribution in [-0.2, 0) is 11.3 Å². The number of rotatable bonds is 7. The Bertz CT molecular complexity index is 1190. The summed E-state index contributed by atoms with van der Waals surface area (Å²) in [6, 6.07) is 24.9. The molecule has 4 aromatic rings. The number of aliphatic hydroxyl groups excluding tert-OH is 1. The van der Waals surface area contributed by atoms with Gasteiger partial charge in [0.1, 0.15) is 11.6 Å². The monoisotopic (exact) mass is 401 g/mol. The molecule has 152 valence electrons. The fourth-order valence-corrected chi connectivity index (χ4v) is 3.48. The van der Waals surface area contributed by atoms with Crippen molar-refractivity contribution in [3.05, 3.63) is 106 Å². The standard InChI is InChI=1S/C24H23N3O3/c1-17-9-5-6-12-20(17)23(18-10-3-2-4-11-18)30-16-19(28)15-27-24(29)21-13-7-8-14-22(21)25-26-27/h2-14,19,23,28H,15-16H2,1H3/t19-,23-/m0/s1. The maximum atomic E-state index is 12.6. The van der Waals surface area contributed by atoms with E-state index in [4.69, 9.17) is 4.74 Å². The summed E-state index contributed by atoms with van der Waals surface area (Å²) >= 11 is 0. The van der Waals surface area contributed by atoms with Crippen LogP contribution in [0.2, 0.25) is 0 Å². The molecule has 0 aliphatic rings. The molecule has 0 aliphatic heterocycles. The second kappa shape index (κ2) is 8.98. The molecule has 0 bridgehead atoms. The summed E-state index contributed by atoms with van der Waals surface area (Å²) in [5.74, 6) is 0. The van der Waals surface area contributed by atoms with Gasteiger partial charge in [-0.1, -0.05) is 71.9 Å². The average molecular weight is 401 g/mol. The molecule has 6 nitrogen and oxygen atoms in total. The number of benzene rings is 3. The van der Waals surface area contributed by atoms with E-state index in [9.17, 15) is 9.90 Å². The SMILES string of the molecule is Cc1ccccc1[C@@H](OC[C@@H](O)Cn1nnc2ccccc2c1=O)c1ccccc1. The number of aromatic nitrogens is 3. The van der Waals surface area contributed by atoms with Crippen LogP contribution in [0.3, 0.4) is 0 Å². The second-order valence-corrected chi connectivity index (χ2v) is 7.23. The predicted octanol–water partition coefficient (Wildman–Crippen LogP) is 3.27. The Morgan fingerprint density at radius 3 is 2.47 bits per heavy atom. The minimum Gasteiger partial charge on any atom is -0.389 e. The van der Waals surface area contributed by atoms with Crippen LogP contribution in [0.4, 0.5) is 0 Å². The molecular formula is C24H23N3O3. The molecule has 4 rings (SSSR count). The smallest absolute Gasteiger partial charge is 0.277 e. The van der Waals surface area contributed by atoms with Gasteiger partial charge in [0.15, 0.2) is 0 Å². The van der Waals surface area contributed by atoms with Crippen molar-refractivity contribution in [1.82, 2.24) is 15.0 Å². The van der Waals surface area contributed by atoms with Gasteiger partial charge < -0.3 is 9.84 Å². The number of ether oxygens (including phenoxy) is 1. The molecule has 0 saturated heterocycles. The lowest BCUT2D eigenvalue weighted by atomic mass is 9.97. The molecule has 0 spiro atoms. The Balaban J connectivity index is 1.52. The first-order valence-electron chi connectivity index (χ1n) is 9.86. The van der Waals surface area contributed by atoms with Crippen molar-refractivity contribution in [3.63, 3.8) is 0 Å². The maximum absolute atomic E-state index is 12.6. The minimum absolute atomic E-state index is 0.00590. The summed E-state index contributed by atoms with van der Waals surface area (Å²) in [5.41, 5.74) is 3.41. The Labute approximate surface area is 174 Å². The van der Waals surface area contributed by atoms with Crippen LogP contribution >= 0.6 is 0 Å². The van der Waals surface area contributed by atoms with Gasteiger partial charge in [0, 0.05) is 0 Å². The van der Waals surface area contributed by atoms with Gasteiger partial charge >= 0.3 is 0 Å². The lowest BCUT2D eigenvalue weighted by Gasteiger charge is -2.22. The Hall–Kier alpha value is -3.35. The van der Waals surface area contributed by atoms with Crippen molar-refractivity contribution in [2.24, 2.45) is 0 Å². The van der Waals surface area contributed by atoms with Gasteiger partial charge in [0.2, 0.25) is 0 Å². The van der Waals surface area contributed by atoms with Crippen molar-refractivity contribution in [2.75, 3.05) is 6.61 Å². The van der Waals surface area contributed by atoms with E-state index in [1.54, 1.807) is 24.3 Å². The first kappa shape index (κ1) is 19.9. The molecule has 1 N–H and O–H groups in total. The Morgan fingerprint density at radius 2 is 1.67 bits per heavy atom. The highest BCUT2D eigenvalue weighted by atomic mass is 16.5. The van der Waals surface area contributed by atoms with Gasteiger partial charge in [-0.05, 0) is 35.7 Å². The van der Waals surface area contributed by atoms with Gasteiger partial charge in [-0.25, -0.2) is 4.68 Å². The summed E-state index contributed by atoms with van der Waals surface area (Å²) in [6.45, 7) is 2.09. The quantitative estimate of drug-likeness (QED) is 0.514. The molecule has 2 atom stereocenters. The van der Waals surface area contributed by atoms with Gasteiger partial charge in [-0.3, -0.25) is 4.79 Å². The summed E-state index contributed by atoms with van der Waals surface area (Å²) in [4.78, 5) is 12.6. The van der Waals surface area contributed by atoms with Crippen LogP contribution in [-0.4, -0.2) is 32.8 Å². The predicted molar refractivity (Wildman–Crippen MR) is 115 cm³/mol. The highest BCUT2D eigenvalue weighted by molar-refractivity contribution is 5.76. The van der Waals surface area contributed by atoms with Gasteiger partial charge in [-0.15, -0.1) is 5.10 Å². The van der Waals surface area contributed by atoms with E-state index in [0.717, 1.165) is 16.7 Å². The van der Waals surface area contributed by atoms with Gasteiger partial charge in [0.25, 0.3) is 5.56 Å². The summed E-state index contributed by atoms with van der Waals surface area (Å²) in [7, 11) is 0. The molecule has 0 aliphatic carbocycles. The Kier molecular flexibility index (Phi) is 5.97. The van der Waals surface area contributed by atoms with E-state index in [-0.39, 0.29) is 24.8 Å². The highest BCUT2D eigenvalue weighted by Gasteiger charge is 2.19. The molecule has 0 amide bonds. The molecular weight excluding hydrogens is 378 g/mol. The third-order valence-corrected chi connectivity index (χ3v) is 5.04. The zero-order chi connectivity index (χ0) is 20.9. The summed E-state index contributed by atoms with van der Waals surface area (Å²) < 4.78 is 7.33. The second-order valence-electron chi connectivity index (χ2n) is 7.23. The zero-order valence-corrected chi connectivity index (χ0v) is 16.7. The van der Waals surface area contributed by atoms with E-state index in [2.05, 4.69) is 10.3 Å². The third kappa shape index (κ3) is 4.30. The van der Waals surface area contributed by atoms with Crippen LogP contribution in [0.15, 0.2) is 83.7 Å². The van der Waals surface area contributed by atoms with Crippen molar-refractivity contribution < 1.29 is 9.84 Å². The van der Waals surface area contributed by atoms with Crippen molar-refractivity contribution in [3.8, 4) is 0 Å². The van der Waals surface area contributed by atoms with Crippen LogP contribution in [0.25, 0.3) is 10.9 Å². The van der Waals surface area contributed by atoms with Crippen LogP contribution in [0.5, 0.6) is 0 Å². The topological polar surface area (TPSA) is 77.2 Å². The lowest BCUT2D eigenvalue weighted by Crippen LogP contribution is -2.32. The van der Waals surface area contributed by atoms with E-state index in [1.807, 2.05) is 61.5 Å². The molecule has 0 fully saturated rings. The molecule has 0 radical (unpaired) electrons. The number of hydrogen-bond donors (Lipinski definition) is 1. The molecule has 1 heterocycles. The van der Waals surface area contributed by atoms with Crippen LogP contribution < -0.4 is 5.56 Å². The number of fused-ring (bicyclic) bond motifs is 1. The first-order chi connectivity index (χ1) is 14.6. The summed E-state index contributed by atoms with van der Waals surface area (Å²) in [5, 5.41) is 19.0. The van der Waals surface area contributed by atoms with Crippen molar-refractivity contribution >= 4 is 10.9 Å². The lowest BCUT2D eigenvalue weighted by molar-refractivity contribution is -0.00288. The first-order valence-corrected chi connectivity index (χ1v) is 9.86. The highest BCUT2D eigenvalue weighted by Crippen LogP contribution is 2.28. The van der Waals surface area contributed by atoms with E-state index in [0.29, 0.717) is 10.9 Å². The van der Waals surface area contributed by atoms with E-state index >= 15 is 0 Å². The molecule has 3 aromatic carbocycles. The normalized spacial score (nSPS) is 13.3. The molecule has 0 unspecified atom stereocenters. The number of nitrogens with zero attached hydrogens (tertiary/aromatic N) is 3. The fraction of sp³-hybridized carbons (Fsp3) is 0.208. The third-order valence-electron chi connectivity index (χ3n) is 5.04. The largest absolute Gasteiger partial charge is 0.389 e. The number of aliphatic hydroxyl groups is 1. The van der Waals surface area contributed by atoms with Crippen molar-refractivity contribution in [1.29, 1.82) is 0 Å². The summed E-state index contributed by atoms with van der Waals surface area (Å²) in [6.07, 6.45) is -1.23. The van der Waals surface area contributed by atoms with Crippen molar-refractivity contribution in [2.45, 2.75) is 25.7 Å². The van der Waals surface area contributed by atoms with E-state index < -0.39 is 6.10 Å². The zero-order valence-electron chi connectivity index (χ0n) is 16.7. The molecule has 6 heteroatoms. The number of aryl methyl sites for hydroxylation is 1. The maximum Gasteiger partial charge on any atom is 0.277 e. The van der Waals surface area contributed by atoms with Gasteiger partial charge in [-0.2, -0.15) is 0 Å². The number of hydrogen-bond acceptors (Lipinski definition) is 5. The van der Waals surface area contributed by atoms with Gasteiger partial charge in [0.05, 0.1) is 24.6 Å². The molecule has 1 aromatic heterocycles.